The molecule has 1 aliphatic rings. The first-order valence-electron chi connectivity index (χ1n) is 9.61. The molecule has 4 heteroatoms. The normalized spacial score (nSPS) is 13.9. The van der Waals surface area contributed by atoms with Gasteiger partial charge in [0.05, 0.1) is 0 Å². The van der Waals surface area contributed by atoms with Crippen molar-refractivity contribution >= 4 is 17.5 Å². The van der Waals surface area contributed by atoms with Crippen LogP contribution in [0.1, 0.15) is 61.5 Å². The van der Waals surface area contributed by atoms with Gasteiger partial charge in [-0.15, -0.1) is 0 Å². The van der Waals surface area contributed by atoms with Crippen LogP contribution in [-0.2, 0) is 16.6 Å². The number of rotatable bonds is 6. The fraction of sp³-hybridized carbons (Fsp3) is 0.391. The van der Waals surface area contributed by atoms with Crippen molar-refractivity contribution in [1.29, 1.82) is 0 Å². The van der Waals surface area contributed by atoms with Crippen LogP contribution in [0.3, 0.4) is 0 Å². The Morgan fingerprint density at radius 2 is 1.74 bits per heavy atom. The van der Waals surface area contributed by atoms with Gasteiger partial charge in [0, 0.05) is 23.7 Å². The Morgan fingerprint density at radius 1 is 1.04 bits per heavy atom. The first-order chi connectivity index (χ1) is 12.8. The standard InChI is InChI=1S/C23H28N2O2/c1-23(2,3)18-10-7-16(8-11-18)9-14-21(26)24-20-6-4-5-17(15-20)22(27)25-19-12-13-19/h4-8,10-11,15,19H,9,12-14H2,1-3H3,(H,24,26)(H,25,27). The SMILES string of the molecule is CC(C)(C)c1ccc(CCC(=O)Nc2cccc(C(=O)NC3CC3)c2)cc1. The third kappa shape index (κ3) is 5.68. The van der Waals surface area contributed by atoms with Gasteiger partial charge in [-0.05, 0) is 54.0 Å². The summed E-state index contributed by atoms with van der Waals surface area (Å²) in [7, 11) is 0. The van der Waals surface area contributed by atoms with Gasteiger partial charge in [-0.25, -0.2) is 0 Å². The minimum Gasteiger partial charge on any atom is -0.349 e. The van der Waals surface area contributed by atoms with Crippen LogP contribution < -0.4 is 10.6 Å². The van der Waals surface area contributed by atoms with E-state index < -0.39 is 0 Å². The highest BCUT2D eigenvalue weighted by Gasteiger charge is 2.23. The second kappa shape index (κ2) is 7.95. The summed E-state index contributed by atoms with van der Waals surface area (Å²) < 4.78 is 0. The van der Waals surface area contributed by atoms with E-state index in [1.54, 1.807) is 18.2 Å². The summed E-state index contributed by atoms with van der Waals surface area (Å²) >= 11 is 0. The minimum atomic E-state index is -0.0764. The Labute approximate surface area is 161 Å². The number of carbonyl (C=O) groups is 2. The van der Waals surface area contributed by atoms with E-state index in [1.165, 1.54) is 5.56 Å². The number of hydrogen-bond acceptors (Lipinski definition) is 2. The largest absolute Gasteiger partial charge is 0.349 e. The van der Waals surface area contributed by atoms with Crippen LogP contribution in [0.5, 0.6) is 0 Å². The molecule has 0 heterocycles. The Balaban J connectivity index is 1.52. The lowest BCUT2D eigenvalue weighted by molar-refractivity contribution is -0.116. The van der Waals surface area contributed by atoms with Crippen molar-refractivity contribution in [2.75, 3.05) is 5.32 Å². The fourth-order valence-electron chi connectivity index (χ4n) is 2.89. The quantitative estimate of drug-likeness (QED) is 0.796. The first kappa shape index (κ1) is 19.2. The second-order valence-electron chi connectivity index (χ2n) is 8.32. The topological polar surface area (TPSA) is 58.2 Å². The van der Waals surface area contributed by atoms with Crippen molar-refractivity contribution in [2.24, 2.45) is 0 Å². The van der Waals surface area contributed by atoms with Crippen LogP contribution in [0.25, 0.3) is 0 Å². The predicted octanol–water partition coefficient (Wildman–Crippen LogP) is 4.45. The predicted molar refractivity (Wildman–Crippen MR) is 109 cm³/mol. The van der Waals surface area contributed by atoms with Crippen LogP contribution in [0.4, 0.5) is 5.69 Å². The van der Waals surface area contributed by atoms with E-state index in [-0.39, 0.29) is 17.2 Å². The zero-order valence-corrected chi connectivity index (χ0v) is 16.3. The smallest absolute Gasteiger partial charge is 0.251 e. The molecule has 0 atom stereocenters. The third-order valence-electron chi connectivity index (χ3n) is 4.78. The molecule has 27 heavy (non-hydrogen) atoms. The molecule has 1 aliphatic carbocycles. The molecular weight excluding hydrogens is 336 g/mol. The first-order valence-corrected chi connectivity index (χ1v) is 9.61. The van der Waals surface area contributed by atoms with Crippen LogP contribution in [0.2, 0.25) is 0 Å². The molecule has 1 fully saturated rings. The summed E-state index contributed by atoms with van der Waals surface area (Å²) in [6.07, 6.45) is 3.21. The molecule has 0 aliphatic heterocycles. The van der Waals surface area contributed by atoms with Crippen molar-refractivity contribution in [3.05, 3.63) is 65.2 Å². The Morgan fingerprint density at radius 3 is 2.37 bits per heavy atom. The molecule has 4 nitrogen and oxygen atoms in total. The maximum atomic E-state index is 12.3. The van der Waals surface area contributed by atoms with Gasteiger partial charge in [0.25, 0.3) is 5.91 Å². The maximum absolute atomic E-state index is 12.3. The lowest BCUT2D eigenvalue weighted by Gasteiger charge is -2.19. The number of anilines is 1. The monoisotopic (exact) mass is 364 g/mol. The summed E-state index contributed by atoms with van der Waals surface area (Å²) in [5.41, 5.74) is 3.81. The van der Waals surface area contributed by atoms with E-state index in [9.17, 15) is 9.59 Å². The lowest BCUT2D eigenvalue weighted by Crippen LogP contribution is -2.25. The van der Waals surface area contributed by atoms with Gasteiger partial charge < -0.3 is 10.6 Å². The molecule has 0 bridgehead atoms. The van der Waals surface area contributed by atoms with Crippen molar-refractivity contribution in [3.8, 4) is 0 Å². The van der Waals surface area contributed by atoms with Crippen molar-refractivity contribution < 1.29 is 9.59 Å². The van der Waals surface area contributed by atoms with Gasteiger partial charge >= 0.3 is 0 Å². The molecule has 2 aromatic carbocycles. The molecule has 0 radical (unpaired) electrons. The highest BCUT2D eigenvalue weighted by atomic mass is 16.2. The zero-order valence-electron chi connectivity index (χ0n) is 16.3. The Kier molecular flexibility index (Phi) is 5.64. The van der Waals surface area contributed by atoms with Crippen LogP contribution in [0.15, 0.2) is 48.5 Å². The molecular formula is C23H28N2O2. The van der Waals surface area contributed by atoms with Gasteiger partial charge in [0.2, 0.25) is 5.91 Å². The van der Waals surface area contributed by atoms with Gasteiger partial charge in [-0.2, -0.15) is 0 Å². The summed E-state index contributed by atoms with van der Waals surface area (Å²) in [6.45, 7) is 6.57. The van der Waals surface area contributed by atoms with Gasteiger partial charge in [0.15, 0.2) is 0 Å². The maximum Gasteiger partial charge on any atom is 0.251 e. The van der Waals surface area contributed by atoms with E-state index in [2.05, 4.69) is 55.7 Å². The Hall–Kier alpha value is -2.62. The second-order valence-corrected chi connectivity index (χ2v) is 8.32. The minimum absolute atomic E-state index is 0.0466. The van der Waals surface area contributed by atoms with E-state index in [0.717, 1.165) is 18.4 Å². The number of hydrogen-bond donors (Lipinski definition) is 2. The van der Waals surface area contributed by atoms with E-state index >= 15 is 0 Å². The molecule has 142 valence electrons. The Bertz CT molecular complexity index is 815. The van der Waals surface area contributed by atoms with Gasteiger partial charge in [0.1, 0.15) is 0 Å². The van der Waals surface area contributed by atoms with Crippen LogP contribution >= 0.6 is 0 Å². The average molecular weight is 364 g/mol. The molecule has 0 unspecified atom stereocenters. The molecule has 2 aromatic rings. The average Bonchev–Trinajstić information content (AvgIpc) is 3.44. The number of amides is 2. The highest BCUT2D eigenvalue weighted by Crippen LogP contribution is 2.23. The molecule has 2 N–H and O–H groups in total. The van der Waals surface area contributed by atoms with Crippen molar-refractivity contribution in [1.82, 2.24) is 5.32 Å². The third-order valence-corrected chi connectivity index (χ3v) is 4.78. The van der Waals surface area contributed by atoms with Crippen molar-refractivity contribution in [2.45, 2.75) is 57.9 Å². The molecule has 0 saturated heterocycles. The fourth-order valence-corrected chi connectivity index (χ4v) is 2.89. The van der Waals surface area contributed by atoms with E-state index in [0.29, 0.717) is 30.1 Å². The number of nitrogens with one attached hydrogen (secondary N) is 2. The summed E-state index contributed by atoms with van der Waals surface area (Å²) in [5.74, 6) is -0.123. The molecule has 2 amide bonds. The van der Waals surface area contributed by atoms with Crippen LogP contribution in [0, 0.1) is 0 Å². The zero-order chi connectivity index (χ0) is 19.4. The number of carbonyl (C=O) groups excluding carboxylic acids is 2. The lowest BCUT2D eigenvalue weighted by atomic mass is 9.86. The van der Waals surface area contributed by atoms with E-state index in [1.807, 2.05) is 6.07 Å². The van der Waals surface area contributed by atoms with Gasteiger partial charge in [-0.3, -0.25) is 9.59 Å². The summed E-state index contributed by atoms with van der Waals surface area (Å²) in [6, 6.07) is 15.9. The number of benzene rings is 2. The summed E-state index contributed by atoms with van der Waals surface area (Å²) in [4.78, 5) is 24.4. The van der Waals surface area contributed by atoms with Crippen molar-refractivity contribution in [3.63, 3.8) is 0 Å². The highest BCUT2D eigenvalue weighted by molar-refractivity contribution is 5.97. The van der Waals surface area contributed by atoms with Gasteiger partial charge in [-0.1, -0.05) is 51.1 Å². The molecule has 0 spiro atoms. The molecule has 3 rings (SSSR count). The van der Waals surface area contributed by atoms with Crippen LogP contribution in [-0.4, -0.2) is 17.9 Å². The molecule has 1 saturated carbocycles. The summed E-state index contributed by atoms with van der Waals surface area (Å²) in [5, 5.41) is 5.85. The number of aryl methyl sites for hydroxylation is 1. The molecule has 0 aromatic heterocycles. The van der Waals surface area contributed by atoms with E-state index in [4.69, 9.17) is 0 Å².